The van der Waals surface area contributed by atoms with Crippen molar-refractivity contribution in [3.05, 3.63) is 17.8 Å². The molecule has 0 radical (unpaired) electrons. The van der Waals surface area contributed by atoms with Crippen LogP contribution in [0.2, 0.25) is 0 Å². The van der Waals surface area contributed by atoms with Crippen LogP contribution in [0.5, 0.6) is 0 Å². The zero-order valence-corrected chi connectivity index (χ0v) is 11.4. The maximum atomic E-state index is 8.85. The van der Waals surface area contributed by atoms with E-state index in [4.69, 9.17) is 9.52 Å². The van der Waals surface area contributed by atoms with E-state index >= 15 is 0 Å². The van der Waals surface area contributed by atoms with Crippen LogP contribution < -0.4 is 0 Å². The van der Waals surface area contributed by atoms with Crippen LogP contribution in [0.15, 0.2) is 10.6 Å². The average Bonchev–Trinajstić information content (AvgIpc) is 2.77. The van der Waals surface area contributed by atoms with Crippen LogP contribution in [0, 0.1) is 5.92 Å². The highest BCUT2D eigenvalue weighted by Crippen LogP contribution is 2.22. The van der Waals surface area contributed by atoms with Gasteiger partial charge in [-0.25, -0.2) is 4.98 Å². The molecule has 0 saturated carbocycles. The number of rotatable bonds is 5. The lowest BCUT2D eigenvalue weighted by Crippen LogP contribution is -2.40. The van der Waals surface area contributed by atoms with Crippen molar-refractivity contribution in [1.29, 1.82) is 0 Å². The molecule has 0 spiro atoms. The van der Waals surface area contributed by atoms with E-state index in [2.05, 4.69) is 23.7 Å². The van der Waals surface area contributed by atoms with Gasteiger partial charge >= 0.3 is 0 Å². The lowest BCUT2D eigenvalue weighted by molar-refractivity contribution is 0.135. The van der Waals surface area contributed by atoms with Gasteiger partial charge in [-0.2, -0.15) is 0 Å². The molecule has 1 aromatic rings. The quantitative estimate of drug-likeness (QED) is 0.869. The normalized spacial score (nSPS) is 21.7. The van der Waals surface area contributed by atoms with Crippen LogP contribution >= 0.6 is 0 Å². The number of aromatic nitrogens is 1. The Bertz CT molecular complexity index is 362. The van der Waals surface area contributed by atoms with Crippen LogP contribution in [0.3, 0.4) is 0 Å². The zero-order valence-electron chi connectivity index (χ0n) is 11.4. The van der Waals surface area contributed by atoms with E-state index < -0.39 is 0 Å². The molecule has 1 fully saturated rings. The van der Waals surface area contributed by atoms with Crippen molar-refractivity contribution in [2.24, 2.45) is 5.92 Å². The summed E-state index contributed by atoms with van der Waals surface area (Å²) in [6, 6.07) is 0.627. The highest BCUT2D eigenvalue weighted by Gasteiger charge is 2.23. The average molecular weight is 252 g/mol. The summed E-state index contributed by atoms with van der Waals surface area (Å²) in [5, 5.41) is 8.85. The van der Waals surface area contributed by atoms with Gasteiger partial charge in [0.05, 0.1) is 12.8 Å². The lowest BCUT2D eigenvalue weighted by Gasteiger charge is -2.35. The summed E-state index contributed by atoms with van der Waals surface area (Å²) in [4.78, 5) is 6.84. The highest BCUT2D eigenvalue weighted by molar-refractivity contribution is 4.96. The van der Waals surface area contributed by atoms with Crippen molar-refractivity contribution in [2.75, 3.05) is 19.7 Å². The molecule has 18 heavy (non-hydrogen) atoms. The smallest absolute Gasteiger partial charge is 0.194 e. The van der Waals surface area contributed by atoms with Gasteiger partial charge in [-0.3, -0.25) is 0 Å². The second-order valence-corrected chi connectivity index (χ2v) is 5.49. The molecule has 0 bridgehead atoms. The second-order valence-electron chi connectivity index (χ2n) is 5.49. The number of nitrogens with zero attached hydrogens (tertiary/aromatic N) is 2. The van der Waals surface area contributed by atoms with Crippen molar-refractivity contribution in [3.8, 4) is 0 Å². The zero-order chi connectivity index (χ0) is 13.0. The standard InChI is InChI=1S/C14H24N2O2/c1-11(2)16-6-3-4-12(10-16)8-14-15-9-13(18-14)5-7-17/h9,11-12,17H,3-8,10H2,1-2H3. The molecule has 1 atom stereocenters. The van der Waals surface area contributed by atoms with Crippen molar-refractivity contribution >= 4 is 0 Å². The molecule has 1 aromatic heterocycles. The summed E-state index contributed by atoms with van der Waals surface area (Å²) in [5.74, 6) is 2.28. The van der Waals surface area contributed by atoms with Crippen LogP contribution in [-0.2, 0) is 12.8 Å². The van der Waals surface area contributed by atoms with Crippen molar-refractivity contribution in [3.63, 3.8) is 0 Å². The molecular weight excluding hydrogens is 228 g/mol. The van der Waals surface area contributed by atoms with Gasteiger partial charge < -0.3 is 14.4 Å². The monoisotopic (exact) mass is 252 g/mol. The predicted molar refractivity (Wildman–Crippen MR) is 70.4 cm³/mol. The van der Waals surface area contributed by atoms with E-state index in [-0.39, 0.29) is 6.61 Å². The molecule has 0 aliphatic carbocycles. The van der Waals surface area contributed by atoms with Gasteiger partial charge in [-0.15, -0.1) is 0 Å². The molecule has 1 aliphatic heterocycles. The second kappa shape index (κ2) is 6.34. The SMILES string of the molecule is CC(C)N1CCCC(Cc2ncc(CCO)o2)C1. The number of aliphatic hydroxyl groups excluding tert-OH is 1. The van der Waals surface area contributed by atoms with E-state index in [0.717, 1.165) is 24.6 Å². The van der Waals surface area contributed by atoms with Gasteiger partial charge in [0.15, 0.2) is 5.89 Å². The molecule has 2 heterocycles. The van der Waals surface area contributed by atoms with Gasteiger partial charge in [0, 0.05) is 25.4 Å². The minimum atomic E-state index is 0.124. The van der Waals surface area contributed by atoms with Gasteiger partial charge in [0.25, 0.3) is 0 Å². The van der Waals surface area contributed by atoms with E-state index in [1.807, 2.05) is 0 Å². The first-order valence-corrected chi connectivity index (χ1v) is 6.97. The summed E-state index contributed by atoms with van der Waals surface area (Å²) in [5.41, 5.74) is 0. The van der Waals surface area contributed by atoms with Gasteiger partial charge in [-0.05, 0) is 39.2 Å². The molecule has 0 aromatic carbocycles. The van der Waals surface area contributed by atoms with E-state index in [1.165, 1.54) is 19.4 Å². The number of aliphatic hydroxyl groups is 1. The molecule has 102 valence electrons. The van der Waals surface area contributed by atoms with Crippen LogP contribution in [0.1, 0.15) is 38.3 Å². The third-order valence-corrected chi connectivity index (χ3v) is 3.70. The maximum Gasteiger partial charge on any atom is 0.194 e. The molecular formula is C14H24N2O2. The van der Waals surface area contributed by atoms with Crippen molar-refractivity contribution in [2.45, 2.75) is 45.6 Å². The highest BCUT2D eigenvalue weighted by atomic mass is 16.4. The molecule has 1 saturated heterocycles. The Hall–Kier alpha value is -0.870. The molecule has 4 heteroatoms. The molecule has 0 amide bonds. The summed E-state index contributed by atoms with van der Waals surface area (Å²) in [6.45, 7) is 7.00. The Kier molecular flexibility index (Phi) is 4.78. The third-order valence-electron chi connectivity index (χ3n) is 3.70. The largest absolute Gasteiger partial charge is 0.446 e. The van der Waals surface area contributed by atoms with E-state index in [1.54, 1.807) is 6.20 Å². The maximum absolute atomic E-state index is 8.85. The summed E-state index contributed by atoms with van der Waals surface area (Å²) < 4.78 is 5.63. The first-order chi connectivity index (χ1) is 8.69. The Balaban J connectivity index is 1.87. The Morgan fingerprint density at radius 3 is 3.11 bits per heavy atom. The number of likely N-dealkylation sites (tertiary alicyclic amines) is 1. The molecule has 1 unspecified atom stereocenters. The van der Waals surface area contributed by atoms with E-state index in [0.29, 0.717) is 18.4 Å². The van der Waals surface area contributed by atoms with Gasteiger partial charge in [0.1, 0.15) is 5.76 Å². The molecule has 1 aliphatic rings. The van der Waals surface area contributed by atoms with Gasteiger partial charge in [-0.1, -0.05) is 0 Å². The number of piperidine rings is 1. The topological polar surface area (TPSA) is 49.5 Å². The Labute approximate surface area is 109 Å². The number of oxazole rings is 1. The minimum absolute atomic E-state index is 0.124. The summed E-state index contributed by atoms with van der Waals surface area (Å²) in [7, 11) is 0. The Morgan fingerprint density at radius 1 is 1.56 bits per heavy atom. The number of hydrogen-bond donors (Lipinski definition) is 1. The predicted octanol–water partition coefficient (Wildman–Crippen LogP) is 1.87. The fourth-order valence-corrected chi connectivity index (χ4v) is 2.65. The van der Waals surface area contributed by atoms with Crippen LogP contribution in [0.25, 0.3) is 0 Å². The van der Waals surface area contributed by atoms with E-state index in [9.17, 15) is 0 Å². The fraction of sp³-hybridized carbons (Fsp3) is 0.786. The van der Waals surface area contributed by atoms with Crippen molar-refractivity contribution < 1.29 is 9.52 Å². The first-order valence-electron chi connectivity index (χ1n) is 6.97. The molecule has 1 N–H and O–H groups in total. The lowest BCUT2D eigenvalue weighted by atomic mass is 9.94. The number of hydrogen-bond acceptors (Lipinski definition) is 4. The third kappa shape index (κ3) is 3.56. The van der Waals surface area contributed by atoms with Crippen LogP contribution in [-0.4, -0.2) is 40.7 Å². The van der Waals surface area contributed by atoms with Crippen molar-refractivity contribution in [1.82, 2.24) is 9.88 Å². The summed E-state index contributed by atoms with van der Waals surface area (Å²) in [6.07, 6.45) is 5.77. The van der Waals surface area contributed by atoms with Gasteiger partial charge in [0.2, 0.25) is 0 Å². The summed E-state index contributed by atoms with van der Waals surface area (Å²) >= 11 is 0. The molecule has 4 nitrogen and oxygen atoms in total. The Morgan fingerprint density at radius 2 is 2.39 bits per heavy atom. The minimum Gasteiger partial charge on any atom is -0.446 e. The first kappa shape index (κ1) is 13.6. The molecule has 2 rings (SSSR count). The fourth-order valence-electron chi connectivity index (χ4n) is 2.65. The van der Waals surface area contributed by atoms with Crippen LogP contribution in [0.4, 0.5) is 0 Å².